The summed E-state index contributed by atoms with van der Waals surface area (Å²) in [5.41, 5.74) is 1.23. The van der Waals surface area contributed by atoms with Crippen LogP contribution in [0.5, 0.6) is 5.75 Å². The molecule has 0 bridgehead atoms. The summed E-state index contributed by atoms with van der Waals surface area (Å²) in [4.78, 5) is 0. The molecule has 1 heterocycles. The van der Waals surface area contributed by atoms with Gasteiger partial charge in [0.05, 0.1) is 19.3 Å². The van der Waals surface area contributed by atoms with Crippen LogP contribution in [0.3, 0.4) is 0 Å². The molecule has 4 atom stereocenters. The van der Waals surface area contributed by atoms with Crippen LogP contribution in [-0.2, 0) is 9.47 Å². The molecule has 0 aliphatic carbocycles. The van der Waals surface area contributed by atoms with Crippen molar-refractivity contribution in [2.75, 3.05) is 7.11 Å². The molecule has 0 radical (unpaired) electrons. The van der Waals surface area contributed by atoms with Crippen molar-refractivity contribution in [2.45, 2.75) is 77.8 Å². The Morgan fingerprint density at radius 2 is 1.61 bits per heavy atom. The first-order valence-electron chi connectivity index (χ1n) is 9.14. The average Bonchev–Trinajstić information content (AvgIpc) is 2.59. The Kier molecular flexibility index (Phi) is 7.38. The number of ether oxygens (including phenoxy) is 3. The minimum absolute atomic E-state index is 0.0693. The van der Waals surface area contributed by atoms with Gasteiger partial charge in [-0.3, -0.25) is 0 Å². The number of rotatable bonds is 8. The number of hydrogen-bond donors (Lipinski definition) is 0. The van der Waals surface area contributed by atoms with Gasteiger partial charge in [0.25, 0.3) is 0 Å². The van der Waals surface area contributed by atoms with Crippen LogP contribution in [0.4, 0.5) is 0 Å². The summed E-state index contributed by atoms with van der Waals surface area (Å²) in [6, 6.07) is 8.28. The summed E-state index contributed by atoms with van der Waals surface area (Å²) in [7, 11) is 1.70. The lowest BCUT2D eigenvalue weighted by atomic mass is 9.88. The standard InChI is InChI=1S/C20H32O3/c1-5-7-9-18-15(3)20(23-19(22-18)10-8-6-2)16-11-13-17(21-4)14-12-16/h11-15,18-20H,5-10H2,1-4H3/t15-,18+,19+,20+/m0/s1. The molecule has 3 nitrogen and oxygen atoms in total. The normalized spacial score (nSPS) is 27.8. The Bertz CT molecular complexity index is 443. The van der Waals surface area contributed by atoms with Crippen LogP contribution in [0, 0.1) is 5.92 Å². The fourth-order valence-corrected chi connectivity index (χ4v) is 3.25. The van der Waals surface area contributed by atoms with Gasteiger partial charge in [0.2, 0.25) is 0 Å². The third-order valence-electron chi connectivity index (χ3n) is 4.77. The van der Waals surface area contributed by atoms with Crippen LogP contribution in [0.25, 0.3) is 0 Å². The van der Waals surface area contributed by atoms with E-state index in [0.29, 0.717) is 5.92 Å². The highest BCUT2D eigenvalue weighted by Crippen LogP contribution is 2.39. The minimum atomic E-state index is -0.0693. The first-order valence-corrected chi connectivity index (χ1v) is 9.14. The van der Waals surface area contributed by atoms with Crippen molar-refractivity contribution in [2.24, 2.45) is 5.92 Å². The predicted octanol–water partition coefficient (Wildman–Crippen LogP) is 5.49. The number of benzene rings is 1. The Hall–Kier alpha value is -1.06. The van der Waals surface area contributed by atoms with Crippen LogP contribution >= 0.6 is 0 Å². The van der Waals surface area contributed by atoms with Gasteiger partial charge in [0.1, 0.15) is 5.75 Å². The van der Waals surface area contributed by atoms with E-state index in [1.165, 1.54) is 24.8 Å². The number of hydrogen-bond acceptors (Lipinski definition) is 3. The van der Waals surface area contributed by atoms with Crippen molar-refractivity contribution in [3.05, 3.63) is 29.8 Å². The predicted molar refractivity (Wildman–Crippen MR) is 93.7 cm³/mol. The zero-order valence-electron chi connectivity index (χ0n) is 15.1. The Labute approximate surface area is 141 Å². The number of unbranched alkanes of at least 4 members (excludes halogenated alkanes) is 2. The molecular weight excluding hydrogens is 288 g/mol. The maximum atomic E-state index is 6.31. The maximum Gasteiger partial charge on any atom is 0.158 e. The van der Waals surface area contributed by atoms with Crippen LogP contribution in [-0.4, -0.2) is 19.5 Å². The lowest BCUT2D eigenvalue weighted by molar-refractivity contribution is -0.272. The van der Waals surface area contributed by atoms with E-state index in [9.17, 15) is 0 Å². The van der Waals surface area contributed by atoms with Crippen LogP contribution in [0.15, 0.2) is 24.3 Å². The van der Waals surface area contributed by atoms with Crippen molar-refractivity contribution in [1.29, 1.82) is 0 Å². The molecule has 23 heavy (non-hydrogen) atoms. The second kappa shape index (κ2) is 9.29. The van der Waals surface area contributed by atoms with E-state index in [1.807, 2.05) is 12.1 Å². The number of methoxy groups -OCH3 is 1. The van der Waals surface area contributed by atoms with Gasteiger partial charge in [0.15, 0.2) is 6.29 Å². The molecular formula is C20H32O3. The molecule has 0 N–H and O–H groups in total. The van der Waals surface area contributed by atoms with E-state index >= 15 is 0 Å². The first-order chi connectivity index (χ1) is 11.2. The summed E-state index contributed by atoms with van der Waals surface area (Å²) in [6.07, 6.45) is 7.18. The molecule has 0 spiro atoms. The topological polar surface area (TPSA) is 27.7 Å². The second-order valence-electron chi connectivity index (χ2n) is 6.58. The largest absolute Gasteiger partial charge is 0.497 e. The molecule has 1 aromatic carbocycles. The Morgan fingerprint density at radius 3 is 2.22 bits per heavy atom. The third kappa shape index (κ3) is 4.95. The first kappa shape index (κ1) is 18.3. The molecule has 0 unspecified atom stereocenters. The van der Waals surface area contributed by atoms with Crippen molar-refractivity contribution < 1.29 is 14.2 Å². The molecule has 2 rings (SSSR count). The van der Waals surface area contributed by atoms with Crippen LogP contribution in [0.1, 0.15) is 71.0 Å². The molecule has 1 aliphatic heterocycles. The van der Waals surface area contributed by atoms with Crippen molar-refractivity contribution in [3.8, 4) is 5.75 Å². The summed E-state index contributed by atoms with van der Waals surface area (Å²) in [6.45, 7) is 6.70. The highest BCUT2D eigenvalue weighted by atomic mass is 16.7. The van der Waals surface area contributed by atoms with E-state index in [2.05, 4.69) is 32.9 Å². The Balaban J connectivity index is 2.12. The van der Waals surface area contributed by atoms with Crippen molar-refractivity contribution in [1.82, 2.24) is 0 Å². The van der Waals surface area contributed by atoms with Gasteiger partial charge >= 0.3 is 0 Å². The van der Waals surface area contributed by atoms with E-state index in [-0.39, 0.29) is 18.5 Å². The zero-order valence-corrected chi connectivity index (χ0v) is 15.1. The molecule has 1 aliphatic rings. The molecule has 130 valence electrons. The lowest BCUT2D eigenvalue weighted by Crippen LogP contribution is -2.40. The van der Waals surface area contributed by atoms with Crippen molar-refractivity contribution in [3.63, 3.8) is 0 Å². The van der Waals surface area contributed by atoms with Gasteiger partial charge in [-0.05, 0) is 37.0 Å². The van der Waals surface area contributed by atoms with Gasteiger partial charge in [-0.1, -0.05) is 52.2 Å². The van der Waals surface area contributed by atoms with Crippen LogP contribution in [0.2, 0.25) is 0 Å². The van der Waals surface area contributed by atoms with E-state index in [1.54, 1.807) is 7.11 Å². The van der Waals surface area contributed by atoms with Crippen molar-refractivity contribution >= 4 is 0 Å². The maximum absolute atomic E-state index is 6.31. The minimum Gasteiger partial charge on any atom is -0.497 e. The molecule has 1 saturated heterocycles. The SMILES string of the molecule is CCCC[C@@H]1O[C@H](CCCC)[C@H](C)[C@H](c2ccc(OC)cc2)O1. The smallest absolute Gasteiger partial charge is 0.158 e. The molecule has 0 aromatic heterocycles. The average molecular weight is 320 g/mol. The zero-order chi connectivity index (χ0) is 16.7. The van der Waals surface area contributed by atoms with Crippen LogP contribution < -0.4 is 4.74 Å². The van der Waals surface area contributed by atoms with Gasteiger partial charge in [-0.15, -0.1) is 0 Å². The van der Waals surface area contributed by atoms with E-state index in [4.69, 9.17) is 14.2 Å². The second-order valence-corrected chi connectivity index (χ2v) is 6.58. The molecule has 1 fully saturated rings. The fraction of sp³-hybridized carbons (Fsp3) is 0.700. The lowest BCUT2D eigenvalue weighted by Gasteiger charge is -2.41. The summed E-state index contributed by atoms with van der Waals surface area (Å²) >= 11 is 0. The highest BCUT2D eigenvalue weighted by molar-refractivity contribution is 5.29. The molecule has 1 aromatic rings. The highest BCUT2D eigenvalue weighted by Gasteiger charge is 2.36. The quantitative estimate of drug-likeness (QED) is 0.633. The van der Waals surface area contributed by atoms with E-state index in [0.717, 1.165) is 25.0 Å². The Morgan fingerprint density at radius 1 is 0.957 bits per heavy atom. The van der Waals surface area contributed by atoms with E-state index < -0.39 is 0 Å². The van der Waals surface area contributed by atoms with Gasteiger partial charge in [0, 0.05) is 5.92 Å². The third-order valence-corrected chi connectivity index (χ3v) is 4.77. The van der Waals surface area contributed by atoms with Gasteiger partial charge < -0.3 is 14.2 Å². The summed E-state index contributed by atoms with van der Waals surface area (Å²) < 4.78 is 17.8. The monoisotopic (exact) mass is 320 g/mol. The molecule has 0 amide bonds. The molecule has 0 saturated carbocycles. The molecule has 3 heteroatoms. The summed E-state index contributed by atoms with van der Waals surface area (Å²) in [5, 5.41) is 0. The van der Waals surface area contributed by atoms with Gasteiger partial charge in [-0.2, -0.15) is 0 Å². The summed E-state index contributed by atoms with van der Waals surface area (Å²) in [5.74, 6) is 1.26. The van der Waals surface area contributed by atoms with Gasteiger partial charge in [-0.25, -0.2) is 0 Å². The fourth-order valence-electron chi connectivity index (χ4n) is 3.25.